The molecule has 5 heteroatoms. The van der Waals surface area contributed by atoms with Crippen molar-refractivity contribution in [1.82, 2.24) is 14.5 Å². The number of hydrogen-bond donors (Lipinski definition) is 0. The molecule has 0 bridgehead atoms. The largest absolute Gasteiger partial charge is 0.347 e. The monoisotopic (exact) mass is 293 g/mol. The highest BCUT2D eigenvalue weighted by atomic mass is 35.5. The van der Waals surface area contributed by atoms with Gasteiger partial charge in [-0.05, 0) is 38.5 Å². The topological polar surface area (TPSA) is 38.1 Å². The highest BCUT2D eigenvalue weighted by Crippen LogP contribution is 2.29. The van der Waals surface area contributed by atoms with Gasteiger partial charge < -0.3 is 9.47 Å². The number of nitrogens with zero attached hydrogens (tertiary/aromatic N) is 3. The molecule has 20 heavy (non-hydrogen) atoms. The SMILES string of the molecule is Cc1ccc2nc(C(C)Cl)n(C(C)C(=O)N(C)C)c2c1. The van der Waals surface area contributed by atoms with Crippen molar-refractivity contribution in [1.29, 1.82) is 0 Å². The van der Waals surface area contributed by atoms with Crippen molar-refractivity contribution < 1.29 is 4.79 Å². The Bertz CT molecular complexity index is 646. The van der Waals surface area contributed by atoms with Gasteiger partial charge in [-0.25, -0.2) is 4.98 Å². The minimum atomic E-state index is -0.326. The van der Waals surface area contributed by atoms with Crippen LogP contribution in [-0.2, 0) is 4.79 Å². The van der Waals surface area contributed by atoms with E-state index < -0.39 is 0 Å². The van der Waals surface area contributed by atoms with E-state index in [9.17, 15) is 4.79 Å². The van der Waals surface area contributed by atoms with E-state index in [1.54, 1.807) is 19.0 Å². The minimum absolute atomic E-state index is 0.0318. The molecule has 2 unspecified atom stereocenters. The molecule has 1 amide bonds. The summed E-state index contributed by atoms with van der Waals surface area (Å²) in [6.07, 6.45) is 0. The summed E-state index contributed by atoms with van der Waals surface area (Å²) in [6, 6.07) is 5.70. The molecule has 0 saturated carbocycles. The maximum Gasteiger partial charge on any atom is 0.244 e. The Kier molecular flexibility index (Phi) is 4.04. The van der Waals surface area contributed by atoms with Gasteiger partial charge in [-0.3, -0.25) is 4.79 Å². The summed E-state index contributed by atoms with van der Waals surface area (Å²) in [7, 11) is 3.51. The molecule has 0 fully saturated rings. The molecular weight excluding hydrogens is 274 g/mol. The van der Waals surface area contributed by atoms with Gasteiger partial charge in [-0.15, -0.1) is 11.6 Å². The van der Waals surface area contributed by atoms with Crippen molar-refractivity contribution in [2.75, 3.05) is 14.1 Å². The lowest BCUT2D eigenvalue weighted by Gasteiger charge is -2.21. The van der Waals surface area contributed by atoms with Gasteiger partial charge in [-0.1, -0.05) is 6.07 Å². The molecule has 0 aliphatic carbocycles. The molecule has 2 aromatic rings. The Morgan fingerprint density at radius 3 is 2.55 bits per heavy atom. The second-order valence-corrected chi connectivity index (χ2v) is 6.01. The van der Waals surface area contributed by atoms with Crippen molar-refractivity contribution in [3.05, 3.63) is 29.6 Å². The van der Waals surface area contributed by atoms with E-state index >= 15 is 0 Å². The first-order valence-corrected chi connectivity index (χ1v) is 7.10. The number of imidazole rings is 1. The molecule has 1 heterocycles. The third-order valence-electron chi connectivity index (χ3n) is 3.41. The molecule has 2 atom stereocenters. The van der Waals surface area contributed by atoms with E-state index in [0.717, 1.165) is 22.4 Å². The van der Waals surface area contributed by atoms with E-state index in [4.69, 9.17) is 11.6 Å². The highest BCUT2D eigenvalue weighted by molar-refractivity contribution is 6.20. The van der Waals surface area contributed by atoms with Crippen LogP contribution in [0.5, 0.6) is 0 Å². The summed E-state index contributed by atoms with van der Waals surface area (Å²) in [4.78, 5) is 18.4. The zero-order valence-corrected chi connectivity index (χ0v) is 13.3. The number of alkyl halides is 1. The number of carbonyl (C=O) groups is 1. The standard InChI is InChI=1S/C15H20ClN3O/c1-9-6-7-12-13(8-9)19(14(17-12)10(2)16)11(3)15(20)18(4)5/h6-8,10-11H,1-5H3. The second-order valence-electron chi connectivity index (χ2n) is 5.36. The van der Waals surface area contributed by atoms with Crippen molar-refractivity contribution in [3.63, 3.8) is 0 Å². The van der Waals surface area contributed by atoms with Gasteiger partial charge in [0.05, 0.1) is 16.4 Å². The number of fused-ring (bicyclic) bond motifs is 1. The van der Waals surface area contributed by atoms with Crippen LogP contribution in [0, 0.1) is 6.92 Å². The molecular formula is C15H20ClN3O. The fraction of sp³-hybridized carbons (Fsp3) is 0.467. The third kappa shape index (κ3) is 2.52. The van der Waals surface area contributed by atoms with Gasteiger partial charge in [0.15, 0.2) is 0 Å². The molecule has 0 spiro atoms. The maximum absolute atomic E-state index is 12.3. The summed E-state index contributed by atoms with van der Waals surface area (Å²) in [5.41, 5.74) is 2.96. The summed E-state index contributed by atoms with van der Waals surface area (Å²) < 4.78 is 1.95. The predicted octanol–water partition coefficient (Wildman–Crippen LogP) is 3.29. The first kappa shape index (κ1) is 14.9. The summed E-state index contributed by atoms with van der Waals surface area (Å²) in [6.45, 7) is 5.78. The van der Waals surface area contributed by atoms with Crippen molar-refractivity contribution >= 4 is 28.5 Å². The average Bonchev–Trinajstić information content (AvgIpc) is 2.75. The second kappa shape index (κ2) is 5.44. The van der Waals surface area contributed by atoms with E-state index in [0.29, 0.717) is 0 Å². The molecule has 1 aromatic carbocycles. The fourth-order valence-corrected chi connectivity index (χ4v) is 2.55. The molecule has 0 radical (unpaired) electrons. The molecule has 0 saturated heterocycles. The normalized spacial score (nSPS) is 14.3. The van der Waals surface area contributed by atoms with E-state index in [-0.39, 0.29) is 17.3 Å². The molecule has 0 aliphatic rings. The maximum atomic E-state index is 12.3. The van der Waals surface area contributed by atoms with E-state index in [2.05, 4.69) is 4.98 Å². The van der Waals surface area contributed by atoms with Crippen LogP contribution in [0.15, 0.2) is 18.2 Å². The summed E-state index contributed by atoms with van der Waals surface area (Å²) >= 11 is 6.24. The molecule has 108 valence electrons. The molecule has 0 aliphatic heterocycles. The fourth-order valence-electron chi connectivity index (χ4n) is 2.39. The number of carbonyl (C=O) groups excluding carboxylic acids is 1. The minimum Gasteiger partial charge on any atom is -0.347 e. The van der Waals surface area contributed by atoms with Crippen LogP contribution in [0.1, 0.15) is 36.7 Å². The summed E-state index contributed by atoms with van der Waals surface area (Å²) in [5, 5.41) is -0.250. The zero-order chi connectivity index (χ0) is 15.0. The van der Waals surface area contributed by atoms with Crippen LogP contribution >= 0.6 is 11.6 Å². The van der Waals surface area contributed by atoms with Crippen molar-refractivity contribution in [2.24, 2.45) is 0 Å². The van der Waals surface area contributed by atoms with Gasteiger partial charge in [0.25, 0.3) is 0 Å². The van der Waals surface area contributed by atoms with Gasteiger partial charge >= 0.3 is 0 Å². The average molecular weight is 294 g/mol. The number of aryl methyl sites for hydroxylation is 1. The Labute approximate surface area is 124 Å². The highest BCUT2D eigenvalue weighted by Gasteiger charge is 2.24. The van der Waals surface area contributed by atoms with Crippen molar-refractivity contribution in [2.45, 2.75) is 32.2 Å². The number of halogens is 1. The van der Waals surface area contributed by atoms with Gasteiger partial charge in [0.1, 0.15) is 11.9 Å². The zero-order valence-electron chi connectivity index (χ0n) is 12.5. The number of rotatable bonds is 3. The first-order valence-electron chi connectivity index (χ1n) is 6.66. The lowest BCUT2D eigenvalue weighted by atomic mass is 10.2. The number of aromatic nitrogens is 2. The number of amides is 1. The van der Waals surface area contributed by atoms with Gasteiger partial charge in [0.2, 0.25) is 5.91 Å². The molecule has 4 nitrogen and oxygen atoms in total. The Morgan fingerprint density at radius 2 is 2.00 bits per heavy atom. The van der Waals surface area contributed by atoms with Crippen LogP contribution in [0.2, 0.25) is 0 Å². The lowest BCUT2D eigenvalue weighted by molar-refractivity contribution is -0.131. The Balaban J connectivity index is 2.67. The number of benzene rings is 1. The van der Waals surface area contributed by atoms with E-state index in [1.165, 1.54) is 0 Å². The van der Waals surface area contributed by atoms with Crippen LogP contribution < -0.4 is 0 Å². The number of hydrogen-bond acceptors (Lipinski definition) is 2. The van der Waals surface area contributed by atoms with Crippen LogP contribution in [0.25, 0.3) is 11.0 Å². The van der Waals surface area contributed by atoms with E-state index in [1.807, 2.05) is 43.5 Å². The summed E-state index contributed by atoms with van der Waals surface area (Å²) in [5.74, 6) is 0.763. The molecule has 1 aromatic heterocycles. The molecule has 0 N–H and O–H groups in total. The Hall–Kier alpha value is -1.55. The quantitative estimate of drug-likeness (QED) is 0.815. The predicted molar refractivity (Wildman–Crippen MR) is 82.1 cm³/mol. The van der Waals surface area contributed by atoms with Crippen LogP contribution in [0.4, 0.5) is 0 Å². The third-order valence-corrected chi connectivity index (χ3v) is 3.61. The van der Waals surface area contributed by atoms with Gasteiger partial charge in [-0.2, -0.15) is 0 Å². The molecule has 2 rings (SSSR count). The van der Waals surface area contributed by atoms with Crippen molar-refractivity contribution in [3.8, 4) is 0 Å². The smallest absolute Gasteiger partial charge is 0.244 e. The first-order chi connectivity index (χ1) is 9.32. The Morgan fingerprint density at radius 1 is 1.35 bits per heavy atom. The van der Waals surface area contributed by atoms with Crippen LogP contribution in [0.3, 0.4) is 0 Å². The van der Waals surface area contributed by atoms with Gasteiger partial charge in [0, 0.05) is 14.1 Å². The number of likely N-dealkylation sites (N-methyl/N-ethyl adjacent to an activating group) is 1. The lowest BCUT2D eigenvalue weighted by Crippen LogP contribution is -2.30. The van der Waals surface area contributed by atoms with Crippen LogP contribution in [-0.4, -0.2) is 34.5 Å².